The first-order chi connectivity index (χ1) is 9.81. The first-order valence-corrected chi connectivity index (χ1v) is 8.66. The number of rotatable bonds is 8. The van der Waals surface area contributed by atoms with Crippen LogP contribution in [0, 0.1) is 3.57 Å². The fourth-order valence-electron chi connectivity index (χ4n) is 2.41. The minimum Gasteiger partial charge on any atom is -0.331 e. The zero-order chi connectivity index (χ0) is 14.2. The van der Waals surface area contributed by atoms with Crippen LogP contribution in [0.15, 0.2) is 36.7 Å². The number of hydrogen-bond donors (Lipinski definition) is 0. The fraction of sp³-hybridized carbons (Fsp3) is 0.471. The molecule has 0 saturated heterocycles. The van der Waals surface area contributed by atoms with Crippen LogP contribution in [-0.2, 0) is 6.54 Å². The van der Waals surface area contributed by atoms with Crippen LogP contribution in [0.3, 0.4) is 0 Å². The van der Waals surface area contributed by atoms with Crippen LogP contribution in [0.4, 0.5) is 0 Å². The third-order valence-corrected chi connectivity index (χ3v) is 4.29. The third-order valence-electron chi connectivity index (χ3n) is 3.57. The maximum absolute atomic E-state index is 4.50. The van der Waals surface area contributed by atoms with Gasteiger partial charge in [-0.05, 0) is 41.1 Å². The van der Waals surface area contributed by atoms with Crippen molar-refractivity contribution in [1.29, 1.82) is 0 Å². The van der Waals surface area contributed by atoms with Crippen LogP contribution >= 0.6 is 22.6 Å². The number of halogens is 1. The molecule has 0 fully saturated rings. The van der Waals surface area contributed by atoms with Gasteiger partial charge in [0.15, 0.2) is 0 Å². The summed E-state index contributed by atoms with van der Waals surface area (Å²) in [5, 5.41) is 0. The van der Waals surface area contributed by atoms with Crippen molar-refractivity contribution in [2.24, 2.45) is 0 Å². The maximum atomic E-state index is 4.50. The Morgan fingerprint density at radius 3 is 2.45 bits per heavy atom. The van der Waals surface area contributed by atoms with Crippen molar-refractivity contribution in [3.05, 3.63) is 40.2 Å². The molecule has 0 N–H and O–H groups in total. The highest BCUT2D eigenvalue weighted by Gasteiger charge is 2.05. The van der Waals surface area contributed by atoms with Gasteiger partial charge in [0.05, 0.1) is 0 Å². The molecule has 0 aliphatic rings. The van der Waals surface area contributed by atoms with Crippen molar-refractivity contribution in [2.45, 2.75) is 52.0 Å². The smallest absolute Gasteiger partial charge is 0.139 e. The van der Waals surface area contributed by atoms with E-state index >= 15 is 0 Å². The predicted molar refractivity (Wildman–Crippen MR) is 93.8 cm³/mol. The van der Waals surface area contributed by atoms with Gasteiger partial charge in [-0.25, -0.2) is 4.98 Å². The number of benzene rings is 1. The van der Waals surface area contributed by atoms with Crippen LogP contribution in [0.5, 0.6) is 0 Å². The molecule has 108 valence electrons. The van der Waals surface area contributed by atoms with E-state index in [0.717, 1.165) is 12.4 Å². The molecule has 0 aliphatic carbocycles. The van der Waals surface area contributed by atoms with Gasteiger partial charge in [-0.3, -0.25) is 0 Å². The van der Waals surface area contributed by atoms with Crippen molar-refractivity contribution >= 4 is 22.6 Å². The van der Waals surface area contributed by atoms with Gasteiger partial charge in [0.1, 0.15) is 5.82 Å². The van der Waals surface area contributed by atoms with Crippen LogP contribution in [-0.4, -0.2) is 9.55 Å². The fourth-order valence-corrected chi connectivity index (χ4v) is 2.77. The van der Waals surface area contributed by atoms with Gasteiger partial charge < -0.3 is 4.57 Å². The second-order valence-electron chi connectivity index (χ2n) is 5.22. The Hall–Kier alpha value is -0.840. The lowest BCUT2D eigenvalue weighted by Gasteiger charge is -2.08. The quantitative estimate of drug-likeness (QED) is 0.435. The Balaban J connectivity index is 1.87. The molecule has 2 rings (SSSR count). The Kier molecular flexibility index (Phi) is 6.57. The van der Waals surface area contributed by atoms with E-state index in [-0.39, 0.29) is 0 Å². The summed E-state index contributed by atoms with van der Waals surface area (Å²) in [6.07, 6.45) is 12.0. The van der Waals surface area contributed by atoms with E-state index in [1.807, 2.05) is 6.20 Å². The molecule has 0 unspecified atom stereocenters. The second kappa shape index (κ2) is 8.45. The van der Waals surface area contributed by atoms with Crippen molar-refractivity contribution in [2.75, 3.05) is 0 Å². The molecule has 0 aliphatic heterocycles. The molecule has 0 radical (unpaired) electrons. The van der Waals surface area contributed by atoms with Crippen LogP contribution < -0.4 is 0 Å². The molecule has 0 spiro atoms. The standard InChI is InChI=1S/C17H23IN2/c1-2-3-4-5-6-7-13-20-14-12-19-17(20)15-8-10-16(18)11-9-15/h8-12,14H,2-7,13H2,1H3. The Morgan fingerprint density at radius 2 is 1.70 bits per heavy atom. The number of imidazole rings is 1. The number of nitrogens with zero attached hydrogens (tertiary/aromatic N) is 2. The molecule has 0 atom stereocenters. The summed E-state index contributed by atoms with van der Waals surface area (Å²) in [7, 11) is 0. The van der Waals surface area contributed by atoms with E-state index < -0.39 is 0 Å². The summed E-state index contributed by atoms with van der Waals surface area (Å²) in [4.78, 5) is 4.50. The molecule has 0 saturated carbocycles. The summed E-state index contributed by atoms with van der Waals surface area (Å²) < 4.78 is 3.54. The Morgan fingerprint density at radius 1 is 1.00 bits per heavy atom. The van der Waals surface area contributed by atoms with Gasteiger partial charge in [-0.2, -0.15) is 0 Å². The lowest BCUT2D eigenvalue weighted by molar-refractivity contribution is 0.560. The molecule has 20 heavy (non-hydrogen) atoms. The number of unbranched alkanes of at least 4 members (excludes halogenated alkanes) is 5. The molecule has 1 heterocycles. The van der Waals surface area contributed by atoms with Crippen molar-refractivity contribution < 1.29 is 0 Å². The maximum Gasteiger partial charge on any atom is 0.139 e. The summed E-state index contributed by atoms with van der Waals surface area (Å²) >= 11 is 2.33. The molecular formula is C17H23IN2. The largest absolute Gasteiger partial charge is 0.331 e. The van der Waals surface area contributed by atoms with Gasteiger partial charge in [0.2, 0.25) is 0 Å². The molecule has 2 aromatic rings. The molecule has 3 heteroatoms. The number of aryl methyl sites for hydroxylation is 1. The van der Waals surface area contributed by atoms with Gasteiger partial charge in [0.25, 0.3) is 0 Å². The topological polar surface area (TPSA) is 17.8 Å². The van der Waals surface area contributed by atoms with E-state index in [0.29, 0.717) is 0 Å². The SMILES string of the molecule is CCCCCCCCn1ccnc1-c1ccc(I)cc1. The van der Waals surface area contributed by atoms with Crippen LogP contribution in [0.2, 0.25) is 0 Å². The van der Waals surface area contributed by atoms with Gasteiger partial charge in [0, 0.05) is 28.1 Å². The monoisotopic (exact) mass is 382 g/mol. The normalized spacial score (nSPS) is 10.9. The first-order valence-electron chi connectivity index (χ1n) is 7.58. The summed E-state index contributed by atoms with van der Waals surface area (Å²) in [6.45, 7) is 3.34. The average Bonchev–Trinajstić information content (AvgIpc) is 2.92. The van der Waals surface area contributed by atoms with Crippen molar-refractivity contribution in [3.8, 4) is 11.4 Å². The van der Waals surface area contributed by atoms with Crippen LogP contribution in [0.25, 0.3) is 11.4 Å². The first kappa shape index (κ1) is 15.5. The van der Waals surface area contributed by atoms with E-state index in [9.17, 15) is 0 Å². The van der Waals surface area contributed by atoms with E-state index in [1.165, 1.54) is 47.7 Å². The average molecular weight is 382 g/mol. The van der Waals surface area contributed by atoms with Crippen molar-refractivity contribution in [3.63, 3.8) is 0 Å². The number of aromatic nitrogens is 2. The summed E-state index contributed by atoms with van der Waals surface area (Å²) in [6, 6.07) is 8.59. The van der Waals surface area contributed by atoms with Gasteiger partial charge in [-0.1, -0.05) is 51.2 Å². The molecule has 1 aromatic heterocycles. The second-order valence-corrected chi connectivity index (χ2v) is 6.46. The Bertz CT molecular complexity index is 502. The molecule has 2 nitrogen and oxygen atoms in total. The van der Waals surface area contributed by atoms with E-state index in [2.05, 4.69) is 69.5 Å². The zero-order valence-corrected chi connectivity index (χ0v) is 14.3. The molecule has 0 amide bonds. The summed E-state index contributed by atoms with van der Waals surface area (Å²) in [5.41, 5.74) is 1.21. The lowest BCUT2D eigenvalue weighted by Crippen LogP contribution is -1.99. The number of hydrogen-bond acceptors (Lipinski definition) is 1. The van der Waals surface area contributed by atoms with Gasteiger partial charge in [-0.15, -0.1) is 0 Å². The predicted octanol–water partition coefficient (Wildman–Crippen LogP) is 5.52. The highest BCUT2D eigenvalue weighted by molar-refractivity contribution is 14.1. The Labute approximate surface area is 135 Å². The van der Waals surface area contributed by atoms with Gasteiger partial charge >= 0.3 is 0 Å². The highest BCUT2D eigenvalue weighted by Crippen LogP contribution is 2.19. The van der Waals surface area contributed by atoms with E-state index in [1.54, 1.807) is 0 Å². The lowest BCUT2D eigenvalue weighted by atomic mass is 10.1. The minimum absolute atomic E-state index is 1.08. The highest BCUT2D eigenvalue weighted by atomic mass is 127. The van der Waals surface area contributed by atoms with E-state index in [4.69, 9.17) is 0 Å². The third kappa shape index (κ3) is 4.62. The van der Waals surface area contributed by atoms with Crippen LogP contribution in [0.1, 0.15) is 45.4 Å². The zero-order valence-electron chi connectivity index (χ0n) is 12.2. The summed E-state index contributed by atoms with van der Waals surface area (Å²) in [5.74, 6) is 1.09. The molecule has 0 bridgehead atoms. The molecular weight excluding hydrogens is 359 g/mol. The van der Waals surface area contributed by atoms with Crippen molar-refractivity contribution in [1.82, 2.24) is 9.55 Å². The minimum atomic E-state index is 1.08. The molecule has 1 aromatic carbocycles.